The van der Waals surface area contributed by atoms with Gasteiger partial charge in [-0.1, -0.05) is 153 Å². The van der Waals surface area contributed by atoms with E-state index in [0.717, 1.165) is 57.8 Å². The van der Waals surface area contributed by atoms with E-state index in [2.05, 4.69) is 54.9 Å². The number of aliphatic hydroxyl groups excluding tert-OH is 1. The summed E-state index contributed by atoms with van der Waals surface area (Å²) >= 11 is 0. The van der Waals surface area contributed by atoms with Gasteiger partial charge in [-0.3, -0.25) is 14.4 Å². The summed E-state index contributed by atoms with van der Waals surface area (Å²) in [5.41, 5.74) is 0. The number of carboxylic acid groups (broad SMARTS) is 1. The Bertz CT molecular complexity index is 1010. The molecule has 0 aromatic carbocycles. The van der Waals surface area contributed by atoms with Crippen molar-refractivity contribution in [2.45, 2.75) is 212 Å². The highest BCUT2D eigenvalue weighted by molar-refractivity contribution is 5.87. The number of aliphatic hydroxyl groups is 1. The number of amides is 2. The summed E-state index contributed by atoms with van der Waals surface area (Å²) < 4.78 is 5.86. The second-order valence-electron chi connectivity index (χ2n) is 14.8. The van der Waals surface area contributed by atoms with Crippen molar-refractivity contribution in [3.8, 4) is 0 Å². The smallest absolute Gasteiger partial charge is 0.328 e. The van der Waals surface area contributed by atoms with Crippen LogP contribution in [0.15, 0.2) is 36.5 Å². The molecule has 0 saturated heterocycles. The third-order valence-corrected chi connectivity index (χ3v) is 9.57. The molecule has 2 atom stereocenters. The summed E-state index contributed by atoms with van der Waals surface area (Å²) in [7, 11) is 0. The van der Waals surface area contributed by atoms with Crippen molar-refractivity contribution in [3.63, 3.8) is 0 Å². The normalized spacial score (nSPS) is 12.8. The van der Waals surface area contributed by atoms with Gasteiger partial charge in [-0.15, -0.1) is 0 Å². The summed E-state index contributed by atoms with van der Waals surface area (Å²) in [4.78, 5) is 47.4. The second kappa shape index (κ2) is 39.7. The zero-order valence-corrected chi connectivity index (χ0v) is 34.5. The van der Waals surface area contributed by atoms with Crippen LogP contribution in [0.25, 0.3) is 0 Å². The second-order valence-corrected chi connectivity index (χ2v) is 14.8. The van der Waals surface area contributed by atoms with Crippen LogP contribution in [0.1, 0.15) is 200 Å². The first-order chi connectivity index (χ1) is 26.3. The predicted molar refractivity (Wildman–Crippen MR) is 222 cm³/mol. The Morgan fingerprint density at radius 3 is 1.65 bits per heavy atom. The maximum atomic E-state index is 12.7. The minimum atomic E-state index is -1.39. The standard InChI is InChI=1S/C45H80N2O7/c1-3-5-7-9-11-12-13-14-15-16-17-18-19-20-21-22-23-24-25-27-33-37-44(51)54-40(34-30-26-10-8-6-4-2)35-31-28-29-32-36-42(49)46-38-43(50)47-41(39-48)45(52)53/h8,10,16-17,30,34,40-41,48H,3-7,9,11-15,18-29,31-33,35-39H2,1-2H3,(H,46,49)(H,47,50)(H,52,53)/b10-8-,17-16-,34-30-. The number of carbonyl (C=O) groups is 4. The molecule has 0 aliphatic carbocycles. The SMILES string of the molecule is CCC/C=C\C/C=C\C(CCCCCCC(=O)NCC(=O)NC(CO)C(=O)O)OC(=O)CCCCCCCCCCC/C=C\CCCCCCCCCC. The van der Waals surface area contributed by atoms with Crippen LogP contribution >= 0.6 is 0 Å². The van der Waals surface area contributed by atoms with E-state index in [9.17, 15) is 19.2 Å². The first-order valence-electron chi connectivity index (χ1n) is 21.9. The minimum Gasteiger partial charge on any atom is -0.480 e. The molecule has 0 aliphatic heterocycles. The number of allylic oxidation sites excluding steroid dienone is 5. The summed E-state index contributed by atoms with van der Waals surface area (Å²) in [6, 6.07) is -1.39. The van der Waals surface area contributed by atoms with E-state index in [4.69, 9.17) is 14.9 Å². The Kier molecular flexibility index (Phi) is 37.6. The number of rotatable bonds is 39. The van der Waals surface area contributed by atoms with Crippen molar-refractivity contribution in [1.82, 2.24) is 10.6 Å². The Labute approximate surface area is 329 Å². The molecule has 0 aliphatic rings. The molecular weight excluding hydrogens is 681 g/mol. The zero-order chi connectivity index (χ0) is 39.7. The molecule has 2 amide bonds. The fraction of sp³-hybridized carbons (Fsp3) is 0.778. The van der Waals surface area contributed by atoms with E-state index in [-0.39, 0.29) is 30.9 Å². The number of hydrogen-bond acceptors (Lipinski definition) is 6. The first kappa shape index (κ1) is 51.1. The molecule has 0 aromatic rings. The van der Waals surface area contributed by atoms with Crippen LogP contribution in [0.5, 0.6) is 0 Å². The topological polar surface area (TPSA) is 142 Å². The number of carboxylic acids is 1. The van der Waals surface area contributed by atoms with Gasteiger partial charge in [0.25, 0.3) is 0 Å². The molecule has 312 valence electrons. The largest absolute Gasteiger partial charge is 0.480 e. The Balaban J connectivity index is 4.07. The molecule has 2 unspecified atom stereocenters. The van der Waals surface area contributed by atoms with Gasteiger partial charge in [-0.05, 0) is 70.3 Å². The Morgan fingerprint density at radius 1 is 0.574 bits per heavy atom. The maximum absolute atomic E-state index is 12.7. The lowest BCUT2D eigenvalue weighted by Gasteiger charge is -2.15. The van der Waals surface area contributed by atoms with Gasteiger partial charge in [0, 0.05) is 12.8 Å². The molecule has 9 heteroatoms. The molecule has 4 N–H and O–H groups in total. The van der Waals surface area contributed by atoms with Crippen molar-refractivity contribution in [2.24, 2.45) is 0 Å². The zero-order valence-electron chi connectivity index (χ0n) is 34.5. The van der Waals surface area contributed by atoms with Gasteiger partial charge in [0.15, 0.2) is 0 Å². The molecule has 0 heterocycles. The van der Waals surface area contributed by atoms with Crippen molar-refractivity contribution in [3.05, 3.63) is 36.5 Å². The Hall–Kier alpha value is -2.94. The fourth-order valence-electron chi connectivity index (χ4n) is 6.20. The highest BCUT2D eigenvalue weighted by atomic mass is 16.5. The molecule has 0 spiro atoms. The van der Waals surface area contributed by atoms with Gasteiger partial charge in [-0.25, -0.2) is 4.79 Å². The molecule has 54 heavy (non-hydrogen) atoms. The lowest BCUT2D eigenvalue weighted by Crippen LogP contribution is -2.47. The number of ether oxygens (including phenoxy) is 1. The summed E-state index contributed by atoms with van der Waals surface area (Å²) in [6.45, 7) is 3.36. The number of carbonyl (C=O) groups excluding carboxylic acids is 3. The molecule has 0 bridgehead atoms. The summed E-state index contributed by atoms with van der Waals surface area (Å²) in [5, 5.41) is 22.5. The quantitative estimate of drug-likeness (QED) is 0.0277. The molecule has 0 saturated carbocycles. The number of unbranched alkanes of at least 4 members (excludes halogenated alkanes) is 21. The van der Waals surface area contributed by atoms with E-state index >= 15 is 0 Å². The average Bonchev–Trinajstić information content (AvgIpc) is 3.15. The monoisotopic (exact) mass is 761 g/mol. The third kappa shape index (κ3) is 36.1. The predicted octanol–water partition coefficient (Wildman–Crippen LogP) is 10.6. The molecule has 0 fully saturated rings. The first-order valence-corrected chi connectivity index (χ1v) is 21.9. The van der Waals surface area contributed by atoms with Crippen LogP contribution in [0.4, 0.5) is 0 Å². The highest BCUT2D eigenvalue weighted by Gasteiger charge is 2.18. The van der Waals surface area contributed by atoms with Gasteiger partial charge >= 0.3 is 11.9 Å². The van der Waals surface area contributed by atoms with E-state index < -0.39 is 24.5 Å². The van der Waals surface area contributed by atoms with Gasteiger partial charge in [0.1, 0.15) is 12.1 Å². The van der Waals surface area contributed by atoms with Crippen LogP contribution in [-0.2, 0) is 23.9 Å². The van der Waals surface area contributed by atoms with E-state index in [1.165, 1.54) is 109 Å². The lowest BCUT2D eigenvalue weighted by atomic mass is 10.0. The van der Waals surface area contributed by atoms with Crippen LogP contribution in [0, 0.1) is 0 Å². The van der Waals surface area contributed by atoms with E-state index in [1.54, 1.807) is 0 Å². The number of aliphatic carboxylic acids is 1. The summed E-state index contributed by atoms with van der Waals surface area (Å²) in [5.74, 6) is -2.43. The van der Waals surface area contributed by atoms with E-state index in [1.807, 2.05) is 6.08 Å². The molecule has 0 rings (SSSR count). The van der Waals surface area contributed by atoms with Crippen molar-refractivity contribution < 1.29 is 34.1 Å². The van der Waals surface area contributed by atoms with Gasteiger partial charge in [0.2, 0.25) is 11.8 Å². The fourth-order valence-corrected chi connectivity index (χ4v) is 6.20. The molecule has 9 nitrogen and oxygen atoms in total. The van der Waals surface area contributed by atoms with Crippen LogP contribution in [0.3, 0.4) is 0 Å². The van der Waals surface area contributed by atoms with Gasteiger partial charge in [-0.2, -0.15) is 0 Å². The molecular formula is C45H80N2O7. The third-order valence-electron chi connectivity index (χ3n) is 9.57. The van der Waals surface area contributed by atoms with Crippen LogP contribution in [-0.4, -0.2) is 59.3 Å². The number of esters is 1. The van der Waals surface area contributed by atoms with Crippen molar-refractivity contribution in [2.75, 3.05) is 13.2 Å². The van der Waals surface area contributed by atoms with Crippen molar-refractivity contribution in [1.29, 1.82) is 0 Å². The highest BCUT2D eigenvalue weighted by Crippen LogP contribution is 2.15. The average molecular weight is 761 g/mol. The number of nitrogens with one attached hydrogen (secondary N) is 2. The number of hydrogen-bond donors (Lipinski definition) is 4. The maximum Gasteiger partial charge on any atom is 0.328 e. The van der Waals surface area contributed by atoms with Crippen molar-refractivity contribution >= 4 is 23.8 Å². The van der Waals surface area contributed by atoms with Crippen LogP contribution < -0.4 is 10.6 Å². The molecule has 0 aromatic heterocycles. The van der Waals surface area contributed by atoms with Crippen LogP contribution in [0.2, 0.25) is 0 Å². The Morgan fingerprint density at radius 2 is 1.09 bits per heavy atom. The summed E-state index contributed by atoms with van der Waals surface area (Å²) in [6.07, 6.45) is 45.0. The lowest BCUT2D eigenvalue weighted by molar-refractivity contribution is -0.147. The van der Waals surface area contributed by atoms with Gasteiger partial charge in [0.05, 0.1) is 13.2 Å². The van der Waals surface area contributed by atoms with Gasteiger partial charge < -0.3 is 25.6 Å². The minimum absolute atomic E-state index is 0.132. The molecule has 0 radical (unpaired) electrons. The van der Waals surface area contributed by atoms with E-state index in [0.29, 0.717) is 12.8 Å².